The quantitative estimate of drug-likeness (QED) is 0.262. The van der Waals surface area contributed by atoms with E-state index >= 15 is 0 Å². The van der Waals surface area contributed by atoms with Gasteiger partial charge in [-0.1, -0.05) is 24.3 Å². The number of anilines is 1. The van der Waals surface area contributed by atoms with E-state index in [4.69, 9.17) is 21.4 Å². The van der Waals surface area contributed by atoms with E-state index in [0.29, 0.717) is 42.7 Å². The molecule has 1 fully saturated rings. The molecule has 5 aromatic rings. The lowest BCUT2D eigenvalue weighted by Gasteiger charge is -2.25. The van der Waals surface area contributed by atoms with E-state index in [9.17, 15) is 9.59 Å². The number of nitrogen functional groups attached to an aromatic ring is 1. The normalized spacial score (nSPS) is 17.7. The molecule has 186 valence electrons. The number of thiophene rings is 1. The van der Waals surface area contributed by atoms with Crippen molar-refractivity contribution < 1.29 is 14.3 Å². The average molecular weight is 514 g/mol. The summed E-state index contributed by atoms with van der Waals surface area (Å²) in [6.45, 7) is 0. The highest BCUT2D eigenvalue weighted by Crippen LogP contribution is 2.39. The number of carbonyl (C=O) groups excluding carboxylic acids is 2. The minimum atomic E-state index is -1.07. The predicted molar refractivity (Wildman–Crippen MR) is 140 cm³/mol. The van der Waals surface area contributed by atoms with Gasteiger partial charge in [-0.05, 0) is 49.3 Å². The third-order valence-electron chi connectivity index (χ3n) is 6.85. The number of imidazole rings is 1. The molecule has 11 heteroatoms. The highest BCUT2D eigenvalue weighted by atomic mass is 32.1. The number of primary amides is 1. The molecule has 1 saturated carbocycles. The van der Waals surface area contributed by atoms with Crippen molar-refractivity contribution in [3.8, 4) is 21.8 Å². The van der Waals surface area contributed by atoms with Crippen LogP contribution >= 0.6 is 11.3 Å². The van der Waals surface area contributed by atoms with E-state index < -0.39 is 12.1 Å². The Balaban J connectivity index is 1.37. The Kier molecular flexibility index (Phi) is 5.76. The van der Waals surface area contributed by atoms with Crippen LogP contribution in [0.1, 0.15) is 37.4 Å². The van der Waals surface area contributed by atoms with Crippen molar-refractivity contribution in [3.63, 3.8) is 0 Å². The zero-order valence-electron chi connectivity index (χ0n) is 19.7. The molecule has 0 atom stereocenters. The van der Waals surface area contributed by atoms with Crippen molar-refractivity contribution in [3.05, 3.63) is 60.0 Å². The second kappa shape index (κ2) is 9.25. The molecule has 4 heterocycles. The summed E-state index contributed by atoms with van der Waals surface area (Å²) in [6.07, 6.45) is 2.84. The predicted octanol–water partition coefficient (Wildman–Crippen LogP) is 4.55. The molecule has 0 radical (unpaired) electrons. The van der Waals surface area contributed by atoms with Crippen molar-refractivity contribution >= 4 is 45.6 Å². The number of hydrogen-bond donors (Lipinski definition) is 2. The third-order valence-corrected chi connectivity index (χ3v) is 7.74. The maximum atomic E-state index is 12.1. The fourth-order valence-electron chi connectivity index (χ4n) is 5.04. The summed E-state index contributed by atoms with van der Waals surface area (Å²) in [5.41, 5.74) is 15.3. The molecule has 6 rings (SSSR count). The summed E-state index contributed by atoms with van der Waals surface area (Å²) in [5.74, 6) is 0.219. The summed E-state index contributed by atoms with van der Waals surface area (Å²) >= 11 is 1.65. The van der Waals surface area contributed by atoms with Gasteiger partial charge in [-0.25, -0.2) is 24.3 Å². The SMILES string of the molecule is NC(=O)OC(=O)C1CCC(c2nc(-c3ccc4ccc(-c5cccs5)nc4c3)c3c(N)ncnn23)CC1. The molecule has 4 aromatic heterocycles. The molecule has 0 bridgehead atoms. The lowest BCUT2D eigenvalue weighted by Crippen LogP contribution is -2.28. The lowest BCUT2D eigenvalue weighted by molar-refractivity contribution is -0.142. The van der Waals surface area contributed by atoms with E-state index in [2.05, 4.69) is 27.0 Å². The van der Waals surface area contributed by atoms with Crippen molar-refractivity contribution in [1.29, 1.82) is 0 Å². The first-order valence-corrected chi connectivity index (χ1v) is 12.8. The van der Waals surface area contributed by atoms with E-state index in [1.54, 1.807) is 15.9 Å². The molecule has 1 aromatic carbocycles. The molecular formula is C26H23N7O3S. The molecule has 1 amide bonds. The second-order valence-electron chi connectivity index (χ2n) is 9.09. The first-order valence-electron chi connectivity index (χ1n) is 11.9. The van der Waals surface area contributed by atoms with Crippen LogP contribution in [-0.2, 0) is 9.53 Å². The van der Waals surface area contributed by atoms with Crippen LogP contribution in [0.5, 0.6) is 0 Å². The number of hydrogen-bond acceptors (Lipinski definition) is 9. The van der Waals surface area contributed by atoms with E-state index in [1.807, 2.05) is 35.7 Å². The van der Waals surface area contributed by atoms with Crippen LogP contribution in [0.2, 0.25) is 0 Å². The maximum absolute atomic E-state index is 12.1. The lowest BCUT2D eigenvalue weighted by atomic mass is 9.81. The van der Waals surface area contributed by atoms with Crippen LogP contribution < -0.4 is 11.5 Å². The van der Waals surface area contributed by atoms with Crippen LogP contribution in [0.25, 0.3) is 38.2 Å². The van der Waals surface area contributed by atoms with Crippen LogP contribution in [-0.4, -0.2) is 36.6 Å². The highest BCUT2D eigenvalue weighted by molar-refractivity contribution is 7.13. The van der Waals surface area contributed by atoms with Crippen molar-refractivity contribution in [2.45, 2.75) is 31.6 Å². The highest BCUT2D eigenvalue weighted by Gasteiger charge is 2.32. The molecule has 4 N–H and O–H groups in total. The summed E-state index contributed by atoms with van der Waals surface area (Å²) in [6, 6.07) is 14.2. The zero-order chi connectivity index (χ0) is 25.5. The van der Waals surface area contributed by atoms with Gasteiger partial charge in [0.25, 0.3) is 0 Å². The summed E-state index contributed by atoms with van der Waals surface area (Å²) in [5, 5.41) is 7.52. The molecule has 10 nitrogen and oxygen atoms in total. The summed E-state index contributed by atoms with van der Waals surface area (Å²) in [7, 11) is 0. The minimum absolute atomic E-state index is 0.0530. The Morgan fingerprint density at radius 1 is 1.05 bits per heavy atom. The van der Waals surface area contributed by atoms with Crippen molar-refractivity contribution in [2.75, 3.05) is 5.73 Å². The van der Waals surface area contributed by atoms with Crippen LogP contribution in [0.15, 0.2) is 54.2 Å². The van der Waals surface area contributed by atoms with Gasteiger partial charge in [0, 0.05) is 16.9 Å². The van der Waals surface area contributed by atoms with Gasteiger partial charge in [0.2, 0.25) is 0 Å². The number of amides is 1. The van der Waals surface area contributed by atoms with Crippen LogP contribution in [0.3, 0.4) is 0 Å². The zero-order valence-corrected chi connectivity index (χ0v) is 20.5. The molecule has 0 saturated heterocycles. The van der Waals surface area contributed by atoms with Crippen molar-refractivity contribution in [2.24, 2.45) is 11.7 Å². The Bertz CT molecular complexity index is 1640. The first-order chi connectivity index (χ1) is 18.0. The maximum Gasteiger partial charge on any atom is 0.412 e. The first kappa shape index (κ1) is 23.0. The smallest absolute Gasteiger partial charge is 0.382 e. The van der Waals surface area contributed by atoms with Gasteiger partial charge in [-0.2, -0.15) is 5.10 Å². The Morgan fingerprint density at radius 2 is 1.86 bits per heavy atom. The number of fused-ring (bicyclic) bond motifs is 2. The standard InChI is InChI=1S/C26H23N7O3S/c27-23-22-21(17-8-3-14-9-10-18(31-19(14)12-17)20-2-1-11-37-20)32-24(33(22)30-13-29-23)15-4-6-16(7-5-15)25(34)36-26(28)35/h1-3,8-13,15-16H,4-7H2,(H2,28,35)(H2,27,29,30). The number of benzene rings is 1. The van der Waals surface area contributed by atoms with Gasteiger partial charge in [-0.15, -0.1) is 11.3 Å². The number of nitrogens with two attached hydrogens (primary N) is 2. The number of pyridine rings is 1. The van der Waals surface area contributed by atoms with Crippen LogP contribution in [0.4, 0.5) is 10.6 Å². The second-order valence-corrected chi connectivity index (χ2v) is 10.0. The monoisotopic (exact) mass is 513 g/mol. The molecular weight excluding hydrogens is 490 g/mol. The molecule has 0 unspecified atom stereocenters. The van der Waals surface area contributed by atoms with E-state index in [1.165, 1.54) is 6.33 Å². The fourth-order valence-corrected chi connectivity index (χ4v) is 5.73. The molecule has 1 aliphatic carbocycles. The largest absolute Gasteiger partial charge is 0.412 e. The molecule has 0 spiro atoms. The van der Waals surface area contributed by atoms with E-state index in [0.717, 1.165) is 32.9 Å². The Morgan fingerprint density at radius 3 is 2.62 bits per heavy atom. The van der Waals surface area contributed by atoms with Gasteiger partial charge < -0.3 is 16.2 Å². The Hall–Kier alpha value is -4.38. The number of nitrogens with zero attached hydrogens (tertiary/aromatic N) is 5. The molecule has 0 aliphatic heterocycles. The number of esters is 1. The third kappa shape index (κ3) is 4.27. The topological polar surface area (TPSA) is 151 Å². The van der Waals surface area contributed by atoms with Gasteiger partial charge >= 0.3 is 12.1 Å². The number of aromatic nitrogens is 5. The molecule has 37 heavy (non-hydrogen) atoms. The van der Waals surface area contributed by atoms with Gasteiger partial charge in [-0.3, -0.25) is 4.79 Å². The Labute approximate surface area is 215 Å². The number of rotatable bonds is 4. The molecule has 1 aliphatic rings. The van der Waals surface area contributed by atoms with Gasteiger partial charge in [0.15, 0.2) is 5.82 Å². The fraction of sp³-hybridized carbons (Fsp3) is 0.231. The van der Waals surface area contributed by atoms with E-state index in [-0.39, 0.29) is 11.8 Å². The number of carbonyl (C=O) groups is 2. The minimum Gasteiger partial charge on any atom is -0.382 e. The summed E-state index contributed by atoms with van der Waals surface area (Å²) in [4.78, 5) is 38.3. The van der Waals surface area contributed by atoms with Crippen molar-refractivity contribution in [1.82, 2.24) is 24.6 Å². The van der Waals surface area contributed by atoms with Crippen LogP contribution in [0, 0.1) is 5.92 Å². The number of ether oxygens (including phenoxy) is 1. The summed E-state index contributed by atoms with van der Waals surface area (Å²) < 4.78 is 6.34. The average Bonchev–Trinajstić information content (AvgIpc) is 3.57. The van der Waals surface area contributed by atoms with Gasteiger partial charge in [0.1, 0.15) is 23.4 Å². The van der Waals surface area contributed by atoms with Gasteiger partial charge in [0.05, 0.1) is 22.0 Å².